The second-order valence-electron chi connectivity index (χ2n) is 5.23. The topological polar surface area (TPSA) is 55.9 Å². The van der Waals surface area contributed by atoms with Crippen molar-refractivity contribution in [1.29, 1.82) is 0 Å². The van der Waals surface area contributed by atoms with E-state index in [2.05, 4.69) is 5.32 Å². The van der Waals surface area contributed by atoms with Gasteiger partial charge in [-0.2, -0.15) is 0 Å². The smallest absolute Gasteiger partial charge is 0.321 e. The van der Waals surface area contributed by atoms with Crippen LogP contribution in [0.3, 0.4) is 0 Å². The Kier molecular flexibility index (Phi) is 5.63. The molecule has 22 heavy (non-hydrogen) atoms. The average Bonchev–Trinajstić information content (AvgIpc) is 2.57. The minimum Gasteiger partial charge on any atom is -0.325 e. The van der Waals surface area contributed by atoms with Gasteiger partial charge in [0.05, 0.1) is 0 Å². The number of hydrogen-bond donors (Lipinski definition) is 1. The number of amides is 4. The highest BCUT2D eigenvalue weighted by Crippen LogP contribution is 2.10. The van der Waals surface area contributed by atoms with Crippen molar-refractivity contribution in [2.45, 2.75) is 13.8 Å². The van der Waals surface area contributed by atoms with Crippen LogP contribution in [0.4, 0.5) is 15.3 Å². The summed E-state index contributed by atoms with van der Waals surface area (Å²) in [5, 5.41) is 2.87. The highest BCUT2D eigenvalue weighted by Gasteiger charge is 2.26. The molecular weight excluding hydrogens is 280 g/mol. The third-order valence-electron chi connectivity index (χ3n) is 3.90. The summed E-state index contributed by atoms with van der Waals surface area (Å²) < 4.78 is 0. The van der Waals surface area contributed by atoms with E-state index in [0.717, 1.165) is 5.69 Å². The lowest BCUT2D eigenvalue weighted by Gasteiger charge is -2.37. The van der Waals surface area contributed by atoms with Crippen molar-refractivity contribution in [2.24, 2.45) is 0 Å². The van der Waals surface area contributed by atoms with Gasteiger partial charge in [0.1, 0.15) is 0 Å². The number of rotatable bonds is 3. The van der Waals surface area contributed by atoms with Gasteiger partial charge in [-0.3, -0.25) is 0 Å². The number of anilines is 1. The number of carbonyl (C=O) groups excluding carboxylic acids is 2. The summed E-state index contributed by atoms with van der Waals surface area (Å²) in [5.74, 6) is 0. The van der Waals surface area contributed by atoms with Gasteiger partial charge in [0.25, 0.3) is 0 Å². The molecule has 1 fully saturated rings. The molecular formula is C16H24N4O2. The highest BCUT2D eigenvalue weighted by atomic mass is 16.2. The van der Waals surface area contributed by atoms with Gasteiger partial charge in [-0.1, -0.05) is 18.2 Å². The lowest BCUT2D eigenvalue weighted by Crippen LogP contribution is -2.54. The number of urea groups is 2. The second-order valence-corrected chi connectivity index (χ2v) is 5.23. The molecule has 1 N–H and O–H groups in total. The Morgan fingerprint density at radius 1 is 1.00 bits per heavy atom. The number of benzene rings is 1. The summed E-state index contributed by atoms with van der Waals surface area (Å²) >= 11 is 0. The third-order valence-corrected chi connectivity index (χ3v) is 3.90. The van der Waals surface area contributed by atoms with Gasteiger partial charge >= 0.3 is 12.1 Å². The van der Waals surface area contributed by atoms with Crippen molar-refractivity contribution < 1.29 is 9.59 Å². The Morgan fingerprint density at radius 3 is 2.09 bits per heavy atom. The summed E-state index contributed by atoms with van der Waals surface area (Å²) in [6, 6.07) is 9.35. The van der Waals surface area contributed by atoms with E-state index in [1.165, 1.54) is 0 Å². The average molecular weight is 304 g/mol. The summed E-state index contributed by atoms with van der Waals surface area (Å²) in [6.07, 6.45) is 0. The van der Waals surface area contributed by atoms with Crippen LogP contribution in [0.2, 0.25) is 0 Å². The molecule has 6 heteroatoms. The minimum atomic E-state index is -0.110. The summed E-state index contributed by atoms with van der Waals surface area (Å²) in [7, 11) is 0. The van der Waals surface area contributed by atoms with Crippen LogP contribution in [-0.4, -0.2) is 66.0 Å². The molecule has 1 aliphatic rings. The van der Waals surface area contributed by atoms with Gasteiger partial charge in [-0.25, -0.2) is 9.59 Å². The number of nitrogens with one attached hydrogen (secondary N) is 1. The van der Waals surface area contributed by atoms with Gasteiger partial charge in [0.2, 0.25) is 0 Å². The number of para-hydroxylation sites is 1. The molecule has 0 atom stereocenters. The van der Waals surface area contributed by atoms with Crippen LogP contribution in [-0.2, 0) is 0 Å². The zero-order valence-corrected chi connectivity index (χ0v) is 13.3. The maximum Gasteiger partial charge on any atom is 0.321 e. The Bertz CT molecular complexity index is 494. The van der Waals surface area contributed by atoms with Crippen molar-refractivity contribution in [2.75, 3.05) is 44.6 Å². The molecule has 2 rings (SSSR count). The van der Waals surface area contributed by atoms with E-state index in [-0.39, 0.29) is 12.1 Å². The SMILES string of the molecule is CCN(CC)C(=O)N1CCN(C(=O)Nc2ccccc2)CC1. The molecule has 1 aliphatic heterocycles. The number of piperazine rings is 1. The summed E-state index contributed by atoms with van der Waals surface area (Å²) in [6.45, 7) is 7.66. The van der Waals surface area contributed by atoms with E-state index < -0.39 is 0 Å². The predicted octanol–water partition coefficient (Wildman–Crippen LogP) is 2.30. The van der Waals surface area contributed by atoms with E-state index in [0.29, 0.717) is 39.3 Å². The van der Waals surface area contributed by atoms with Crippen LogP contribution in [0.15, 0.2) is 30.3 Å². The zero-order valence-electron chi connectivity index (χ0n) is 13.3. The zero-order chi connectivity index (χ0) is 15.9. The first-order valence-corrected chi connectivity index (χ1v) is 7.80. The van der Waals surface area contributed by atoms with Crippen molar-refractivity contribution in [3.8, 4) is 0 Å². The van der Waals surface area contributed by atoms with Gasteiger partial charge in [0.15, 0.2) is 0 Å². The Hall–Kier alpha value is -2.24. The predicted molar refractivity (Wildman–Crippen MR) is 86.9 cm³/mol. The molecule has 0 unspecified atom stereocenters. The van der Waals surface area contributed by atoms with E-state index in [1.54, 1.807) is 9.80 Å². The third kappa shape index (κ3) is 3.90. The summed E-state index contributed by atoms with van der Waals surface area (Å²) in [4.78, 5) is 29.8. The maximum atomic E-state index is 12.3. The van der Waals surface area contributed by atoms with Crippen molar-refractivity contribution >= 4 is 17.7 Å². The van der Waals surface area contributed by atoms with Gasteiger partial charge in [-0.15, -0.1) is 0 Å². The van der Waals surface area contributed by atoms with Crippen LogP contribution in [0.5, 0.6) is 0 Å². The lowest BCUT2D eigenvalue weighted by atomic mass is 10.3. The minimum absolute atomic E-state index is 0.0631. The number of nitrogens with zero attached hydrogens (tertiary/aromatic N) is 3. The molecule has 0 bridgehead atoms. The molecule has 6 nitrogen and oxygen atoms in total. The molecule has 1 heterocycles. The molecule has 0 radical (unpaired) electrons. The van der Waals surface area contributed by atoms with E-state index in [9.17, 15) is 9.59 Å². The first-order chi connectivity index (χ1) is 10.7. The molecule has 0 aliphatic carbocycles. The van der Waals surface area contributed by atoms with E-state index >= 15 is 0 Å². The van der Waals surface area contributed by atoms with Gasteiger partial charge < -0.3 is 20.0 Å². The fraction of sp³-hybridized carbons (Fsp3) is 0.500. The normalized spacial score (nSPS) is 14.6. The van der Waals surface area contributed by atoms with Crippen LogP contribution < -0.4 is 5.32 Å². The largest absolute Gasteiger partial charge is 0.325 e. The highest BCUT2D eigenvalue weighted by molar-refractivity contribution is 5.89. The molecule has 1 aromatic rings. The quantitative estimate of drug-likeness (QED) is 0.931. The molecule has 0 aromatic heterocycles. The molecule has 0 saturated carbocycles. The molecule has 120 valence electrons. The standard InChI is InChI=1S/C16H24N4O2/c1-3-18(4-2)16(22)20-12-10-19(11-13-20)15(21)17-14-8-6-5-7-9-14/h5-9H,3-4,10-13H2,1-2H3,(H,17,21). The number of hydrogen-bond acceptors (Lipinski definition) is 2. The Labute approximate surface area is 131 Å². The van der Waals surface area contributed by atoms with Crippen LogP contribution in [0.25, 0.3) is 0 Å². The molecule has 0 spiro atoms. The first-order valence-electron chi connectivity index (χ1n) is 7.80. The molecule has 1 aromatic carbocycles. The van der Waals surface area contributed by atoms with Gasteiger partial charge in [-0.05, 0) is 26.0 Å². The monoisotopic (exact) mass is 304 g/mol. The fourth-order valence-corrected chi connectivity index (χ4v) is 2.52. The van der Waals surface area contributed by atoms with Gasteiger partial charge in [0, 0.05) is 45.0 Å². The molecule has 1 saturated heterocycles. The number of carbonyl (C=O) groups is 2. The first kappa shape index (κ1) is 16.1. The second kappa shape index (κ2) is 7.68. The van der Waals surface area contributed by atoms with Crippen molar-refractivity contribution in [3.05, 3.63) is 30.3 Å². The Morgan fingerprint density at radius 2 is 1.55 bits per heavy atom. The lowest BCUT2D eigenvalue weighted by molar-refractivity contribution is 0.125. The fourth-order valence-electron chi connectivity index (χ4n) is 2.52. The summed E-state index contributed by atoms with van der Waals surface area (Å²) in [5.41, 5.74) is 0.786. The molecule has 4 amide bonds. The van der Waals surface area contributed by atoms with Crippen LogP contribution >= 0.6 is 0 Å². The van der Waals surface area contributed by atoms with Crippen molar-refractivity contribution in [3.63, 3.8) is 0 Å². The van der Waals surface area contributed by atoms with E-state index in [4.69, 9.17) is 0 Å². The van der Waals surface area contributed by atoms with Crippen molar-refractivity contribution in [1.82, 2.24) is 14.7 Å². The maximum absolute atomic E-state index is 12.3. The van der Waals surface area contributed by atoms with Crippen LogP contribution in [0.1, 0.15) is 13.8 Å². The Balaban J connectivity index is 1.84. The van der Waals surface area contributed by atoms with Crippen LogP contribution in [0, 0.1) is 0 Å². The van der Waals surface area contributed by atoms with E-state index in [1.807, 2.05) is 49.1 Å².